The molecule has 0 spiro atoms. The first-order valence-electron chi connectivity index (χ1n) is 5.84. The molecule has 1 aromatic carbocycles. The number of aryl methyl sites for hydroxylation is 1. The maximum atomic E-state index is 12.1. The molecule has 0 saturated heterocycles. The number of rotatable bonds is 2. The Labute approximate surface area is 98.5 Å². The third-order valence-corrected chi connectivity index (χ3v) is 3.38. The van der Waals surface area contributed by atoms with Crippen molar-refractivity contribution in [3.63, 3.8) is 0 Å². The van der Waals surface area contributed by atoms with Crippen LogP contribution in [0.15, 0.2) is 29.1 Å². The highest BCUT2D eigenvalue weighted by Gasteiger charge is 2.33. The molecule has 0 unspecified atom stereocenters. The van der Waals surface area contributed by atoms with E-state index in [-0.39, 0.29) is 17.3 Å². The number of para-hydroxylation sites is 1. The number of nitrogens with one attached hydrogen (secondary N) is 1. The van der Waals surface area contributed by atoms with Crippen LogP contribution in [0.5, 0.6) is 0 Å². The lowest BCUT2D eigenvalue weighted by molar-refractivity contribution is 0.0966. The third kappa shape index (κ3) is 1.58. The van der Waals surface area contributed by atoms with E-state index < -0.39 is 0 Å². The Hall–Kier alpha value is -1.90. The average molecular weight is 227 g/mol. The van der Waals surface area contributed by atoms with Crippen molar-refractivity contribution in [2.24, 2.45) is 5.92 Å². The van der Waals surface area contributed by atoms with Crippen molar-refractivity contribution in [3.05, 3.63) is 45.7 Å². The van der Waals surface area contributed by atoms with Crippen molar-refractivity contribution < 1.29 is 4.79 Å². The molecule has 0 aliphatic heterocycles. The molecule has 3 nitrogen and oxygen atoms in total. The van der Waals surface area contributed by atoms with Crippen LogP contribution >= 0.6 is 0 Å². The second-order valence-corrected chi connectivity index (χ2v) is 4.64. The summed E-state index contributed by atoms with van der Waals surface area (Å²) < 4.78 is 0. The summed E-state index contributed by atoms with van der Waals surface area (Å²) in [7, 11) is 0. The van der Waals surface area contributed by atoms with Crippen molar-refractivity contribution in [2.75, 3.05) is 0 Å². The number of hydrogen-bond donors (Lipinski definition) is 1. The summed E-state index contributed by atoms with van der Waals surface area (Å²) in [5, 5.41) is 0.955. The molecule has 0 atom stereocenters. The predicted molar refractivity (Wildman–Crippen MR) is 66.4 cm³/mol. The van der Waals surface area contributed by atoms with Gasteiger partial charge in [-0.15, -0.1) is 0 Å². The monoisotopic (exact) mass is 227 g/mol. The highest BCUT2D eigenvalue weighted by Crippen LogP contribution is 2.33. The number of H-pyrrole nitrogens is 1. The lowest BCUT2D eigenvalue weighted by Crippen LogP contribution is -2.21. The van der Waals surface area contributed by atoms with Gasteiger partial charge in [-0.1, -0.05) is 18.2 Å². The van der Waals surface area contributed by atoms with E-state index >= 15 is 0 Å². The molecule has 1 N–H and O–H groups in total. The number of hydrogen-bond acceptors (Lipinski definition) is 2. The molecule has 0 radical (unpaired) electrons. The van der Waals surface area contributed by atoms with Crippen LogP contribution in [0.2, 0.25) is 0 Å². The Morgan fingerprint density at radius 1 is 1.29 bits per heavy atom. The van der Waals surface area contributed by atoms with E-state index in [9.17, 15) is 9.59 Å². The summed E-state index contributed by atoms with van der Waals surface area (Å²) in [5.74, 6) is 0.0884. The Balaban J connectivity index is 2.30. The molecule has 0 bridgehead atoms. The molecular weight excluding hydrogens is 214 g/mol. The van der Waals surface area contributed by atoms with Crippen LogP contribution in [0.4, 0.5) is 0 Å². The Bertz CT molecular complexity index is 665. The van der Waals surface area contributed by atoms with E-state index in [2.05, 4.69) is 4.98 Å². The molecule has 3 heteroatoms. The molecule has 1 aromatic heterocycles. The van der Waals surface area contributed by atoms with Gasteiger partial charge in [0.2, 0.25) is 0 Å². The van der Waals surface area contributed by atoms with Crippen molar-refractivity contribution in [1.82, 2.24) is 4.98 Å². The van der Waals surface area contributed by atoms with Gasteiger partial charge >= 0.3 is 0 Å². The molecule has 17 heavy (non-hydrogen) atoms. The fourth-order valence-electron chi connectivity index (χ4n) is 2.26. The molecule has 1 heterocycles. The van der Waals surface area contributed by atoms with Crippen LogP contribution in [0, 0.1) is 12.8 Å². The van der Waals surface area contributed by atoms with E-state index in [0.29, 0.717) is 5.56 Å². The first-order chi connectivity index (χ1) is 8.18. The second-order valence-electron chi connectivity index (χ2n) is 4.64. The normalized spacial score (nSPS) is 15.1. The summed E-state index contributed by atoms with van der Waals surface area (Å²) in [6.45, 7) is 1.85. The largest absolute Gasteiger partial charge is 0.321 e. The minimum atomic E-state index is -0.252. The minimum Gasteiger partial charge on any atom is -0.321 e. The van der Waals surface area contributed by atoms with E-state index in [0.717, 1.165) is 29.3 Å². The fourth-order valence-corrected chi connectivity index (χ4v) is 2.26. The number of benzene rings is 1. The number of fused-ring (bicyclic) bond motifs is 1. The maximum Gasteiger partial charge on any atom is 0.259 e. The van der Waals surface area contributed by atoms with Crippen LogP contribution in [0.25, 0.3) is 10.9 Å². The van der Waals surface area contributed by atoms with Crippen LogP contribution < -0.4 is 5.56 Å². The molecule has 3 rings (SSSR count). The number of carbonyl (C=O) groups is 1. The topological polar surface area (TPSA) is 49.9 Å². The van der Waals surface area contributed by atoms with Gasteiger partial charge in [-0.2, -0.15) is 0 Å². The van der Waals surface area contributed by atoms with Gasteiger partial charge in [-0.25, -0.2) is 0 Å². The molecule has 1 saturated carbocycles. The van der Waals surface area contributed by atoms with E-state index in [1.54, 1.807) is 0 Å². The van der Waals surface area contributed by atoms with Crippen LogP contribution in [-0.2, 0) is 0 Å². The Kier molecular flexibility index (Phi) is 2.15. The summed E-state index contributed by atoms with van der Waals surface area (Å²) >= 11 is 0. The second kappa shape index (κ2) is 3.55. The summed E-state index contributed by atoms with van der Waals surface area (Å²) in [4.78, 5) is 26.8. The van der Waals surface area contributed by atoms with Gasteiger partial charge in [-0.05, 0) is 31.4 Å². The van der Waals surface area contributed by atoms with Gasteiger partial charge in [0, 0.05) is 16.8 Å². The number of aromatic nitrogens is 1. The fraction of sp³-hybridized carbons (Fsp3) is 0.286. The van der Waals surface area contributed by atoms with Crippen molar-refractivity contribution in [1.29, 1.82) is 0 Å². The van der Waals surface area contributed by atoms with Gasteiger partial charge in [0.25, 0.3) is 5.56 Å². The maximum absolute atomic E-state index is 12.1. The van der Waals surface area contributed by atoms with Gasteiger partial charge in [-0.3, -0.25) is 9.59 Å². The van der Waals surface area contributed by atoms with E-state index in [1.807, 2.05) is 31.2 Å². The molecule has 1 fully saturated rings. The minimum absolute atomic E-state index is 0.00880. The number of pyridine rings is 1. The highest BCUT2D eigenvalue weighted by atomic mass is 16.1. The quantitative estimate of drug-likeness (QED) is 0.801. The van der Waals surface area contributed by atoms with E-state index in [4.69, 9.17) is 0 Å². The van der Waals surface area contributed by atoms with Gasteiger partial charge in [0.1, 0.15) is 0 Å². The van der Waals surface area contributed by atoms with Crippen LogP contribution in [-0.4, -0.2) is 10.8 Å². The number of carbonyl (C=O) groups excluding carboxylic acids is 1. The zero-order valence-electron chi connectivity index (χ0n) is 9.62. The number of ketones is 1. The molecule has 2 aromatic rings. The number of Topliss-reactive ketones (excluding diaryl/α,β-unsaturated/α-hetero) is 1. The first-order valence-corrected chi connectivity index (χ1v) is 5.84. The molecule has 1 aliphatic carbocycles. The molecule has 86 valence electrons. The van der Waals surface area contributed by atoms with Crippen molar-refractivity contribution in [3.8, 4) is 0 Å². The smallest absolute Gasteiger partial charge is 0.259 e. The third-order valence-electron chi connectivity index (χ3n) is 3.38. The zero-order chi connectivity index (χ0) is 12.0. The summed E-state index contributed by atoms with van der Waals surface area (Å²) in [6.07, 6.45) is 1.84. The van der Waals surface area contributed by atoms with E-state index in [1.165, 1.54) is 0 Å². The highest BCUT2D eigenvalue weighted by molar-refractivity contribution is 6.03. The lowest BCUT2D eigenvalue weighted by atomic mass is 9.99. The molecular formula is C14H13NO2. The zero-order valence-corrected chi connectivity index (χ0v) is 9.62. The standard InChI is InChI=1S/C14H13NO2/c1-8-10-4-2-3-5-11(10)15-14(17)12(8)13(16)9-6-7-9/h2-5,9H,6-7H2,1H3,(H,15,17). The molecule has 1 aliphatic rings. The van der Waals surface area contributed by atoms with Crippen LogP contribution in [0.3, 0.4) is 0 Å². The Morgan fingerprint density at radius 3 is 2.71 bits per heavy atom. The van der Waals surface area contributed by atoms with Crippen LogP contribution in [0.1, 0.15) is 28.8 Å². The number of aromatic amines is 1. The van der Waals surface area contributed by atoms with Crippen molar-refractivity contribution >= 4 is 16.7 Å². The van der Waals surface area contributed by atoms with Gasteiger partial charge < -0.3 is 4.98 Å². The average Bonchev–Trinajstić information content (AvgIpc) is 3.12. The van der Waals surface area contributed by atoms with Gasteiger partial charge in [0.05, 0.1) is 5.56 Å². The summed E-state index contributed by atoms with van der Waals surface area (Å²) in [6, 6.07) is 7.58. The predicted octanol–water partition coefficient (Wildman–Crippen LogP) is 2.43. The first kappa shape index (κ1) is 10.3. The summed E-state index contributed by atoms with van der Waals surface area (Å²) in [5.41, 5.74) is 1.70. The Morgan fingerprint density at radius 2 is 2.00 bits per heavy atom. The molecule has 0 amide bonds. The lowest BCUT2D eigenvalue weighted by Gasteiger charge is -2.07. The van der Waals surface area contributed by atoms with Crippen molar-refractivity contribution in [2.45, 2.75) is 19.8 Å². The van der Waals surface area contributed by atoms with Gasteiger partial charge in [0.15, 0.2) is 5.78 Å². The SMILES string of the molecule is Cc1c(C(=O)C2CC2)c(=O)[nH]c2ccccc12.